The van der Waals surface area contributed by atoms with Gasteiger partial charge in [0.2, 0.25) is 0 Å². The number of carbonyl (C=O) groups is 1. The lowest BCUT2D eigenvalue weighted by molar-refractivity contribution is 0.0921. The second-order valence-corrected chi connectivity index (χ2v) is 5.17. The van der Waals surface area contributed by atoms with E-state index in [2.05, 4.69) is 22.5 Å². The molecule has 0 bridgehead atoms. The molecule has 0 fully saturated rings. The quantitative estimate of drug-likeness (QED) is 0.483. The van der Waals surface area contributed by atoms with E-state index in [0.29, 0.717) is 6.54 Å². The summed E-state index contributed by atoms with van der Waals surface area (Å²) in [4.78, 5) is 13.7. The first-order chi connectivity index (χ1) is 10.1. The first-order valence-corrected chi connectivity index (χ1v) is 6.93. The first kappa shape index (κ1) is 15.3. The van der Waals surface area contributed by atoms with Crippen molar-refractivity contribution in [3.05, 3.63) is 59.0 Å². The van der Waals surface area contributed by atoms with E-state index in [9.17, 15) is 4.79 Å². The summed E-state index contributed by atoms with van der Waals surface area (Å²) in [5.74, 6) is 5.77. The van der Waals surface area contributed by atoms with Gasteiger partial charge in [0.25, 0.3) is 0 Å². The zero-order chi connectivity index (χ0) is 15.2. The predicted octanol–water partition coefficient (Wildman–Crippen LogP) is 1.87. The Labute approximate surface area is 124 Å². The van der Waals surface area contributed by atoms with Crippen LogP contribution in [-0.2, 0) is 13.0 Å². The molecule has 21 heavy (non-hydrogen) atoms. The van der Waals surface area contributed by atoms with Crippen LogP contribution in [0.5, 0.6) is 0 Å². The molecule has 0 radical (unpaired) electrons. The van der Waals surface area contributed by atoms with Gasteiger partial charge in [0.05, 0.1) is 6.54 Å². The van der Waals surface area contributed by atoms with Crippen LogP contribution in [0.15, 0.2) is 40.8 Å². The SMILES string of the molecule is Cc1cc(CN(C)CCc2ccccc2)oc1C(=O)NN. The Morgan fingerprint density at radius 3 is 2.71 bits per heavy atom. The number of benzene rings is 1. The van der Waals surface area contributed by atoms with Crippen molar-refractivity contribution in [1.82, 2.24) is 10.3 Å². The highest BCUT2D eigenvalue weighted by atomic mass is 16.4. The van der Waals surface area contributed by atoms with Gasteiger partial charge in [0, 0.05) is 12.1 Å². The van der Waals surface area contributed by atoms with Gasteiger partial charge in [-0.1, -0.05) is 30.3 Å². The van der Waals surface area contributed by atoms with Crippen molar-refractivity contribution < 1.29 is 9.21 Å². The Morgan fingerprint density at radius 1 is 1.33 bits per heavy atom. The number of nitrogen functional groups attached to an aromatic ring is 1. The second-order valence-electron chi connectivity index (χ2n) is 5.17. The summed E-state index contributed by atoms with van der Waals surface area (Å²) in [6.45, 7) is 3.41. The fourth-order valence-corrected chi connectivity index (χ4v) is 2.23. The van der Waals surface area contributed by atoms with Gasteiger partial charge in [-0.15, -0.1) is 0 Å². The van der Waals surface area contributed by atoms with E-state index in [1.165, 1.54) is 5.56 Å². The zero-order valence-corrected chi connectivity index (χ0v) is 12.4. The molecule has 0 spiro atoms. The maximum Gasteiger partial charge on any atom is 0.301 e. The summed E-state index contributed by atoms with van der Waals surface area (Å²) in [6, 6.07) is 12.2. The van der Waals surface area contributed by atoms with E-state index < -0.39 is 5.91 Å². The minimum absolute atomic E-state index is 0.281. The molecule has 0 aliphatic carbocycles. The topological polar surface area (TPSA) is 71.5 Å². The van der Waals surface area contributed by atoms with Crippen LogP contribution in [0.3, 0.4) is 0 Å². The van der Waals surface area contributed by atoms with Crippen LogP contribution in [0.25, 0.3) is 0 Å². The van der Waals surface area contributed by atoms with Gasteiger partial charge in [-0.05, 0) is 32.0 Å². The van der Waals surface area contributed by atoms with E-state index >= 15 is 0 Å². The largest absolute Gasteiger partial charge is 0.454 e. The van der Waals surface area contributed by atoms with E-state index in [1.54, 1.807) is 0 Å². The fraction of sp³-hybridized carbons (Fsp3) is 0.312. The van der Waals surface area contributed by atoms with Crippen LogP contribution in [0.2, 0.25) is 0 Å². The van der Waals surface area contributed by atoms with Crippen molar-refractivity contribution in [3.63, 3.8) is 0 Å². The number of hydrogen-bond acceptors (Lipinski definition) is 4. The van der Waals surface area contributed by atoms with Crippen molar-refractivity contribution in [2.75, 3.05) is 13.6 Å². The third-order valence-electron chi connectivity index (χ3n) is 3.36. The lowest BCUT2D eigenvalue weighted by Gasteiger charge is -2.14. The molecule has 0 atom stereocenters. The highest BCUT2D eigenvalue weighted by molar-refractivity contribution is 5.92. The van der Waals surface area contributed by atoms with Crippen molar-refractivity contribution in [2.45, 2.75) is 19.9 Å². The van der Waals surface area contributed by atoms with E-state index in [4.69, 9.17) is 10.3 Å². The van der Waals surface area contributed by atoms with E-state index in [-0.39, 0.29) is 5.76 Å². The Bertz CT molecular complexity index is 593. The first-order valence-electron chi connectivity index (χ1n) is 6.93. The van der Waals surface area contributed by atoms with E-state index in [0.717, 1.165) is 24.3 Å². The Kier molecular flexibility index (Phi) is 5.14. The third-order valence-corrected chi connectivity index (χ3v) is 3.36. The summed E-state index contributed by atoms with van der Waals surface area (Å²) < 4.78 is 5.56. The van der Waals surface area contributed by atoms with Gasteiger partial charge in [0.1, 0.15) is 5.76 Å². The van der Waals surface area contributed by atoms with Crippen LogP contribution < -0.4 is 11.3 Å². The van der Waals surface area contributed by atoms with Crippen molar-refractivity contribution >= 4 is 5.91 Å². The molecule has 2 rings (SSSR count). The van der Waals surface area contributed by atoms with Gasteiger partial charge < -0.3 is 4.42 Å². The number of aryl methyl sites for hydroxylation is 1. The average molecular weight is 287 g/mol. The average Bonchev–Trinajstić information content (AvgIpc) is 2.86. The van der Waals surface area contributed by atoms with Gasteiger partial charge in [-0.25, -0.2) is 5.84 Å². The molecule has 1 heterocycles. The molecule has 1 aromatic heterocycles. The van der Waals surface area contributed by atoms with Gasteiger partial charge in [-0.3, -0.25) is 15.1 Å². The van der Waals surface area contributed by atoms with Gasteiger partial charge >= 0.3 is 5.91 Å². The highest BCUT2D eigenvalue weighted by Gasteiger charge is 2.15. The summed E-state index contributed by atoms with van der Waals surface area (Å²) in [5.41, 5.74) is 4.19. The number of rotatable bonds is 6. The van der Waals surface area contributed by atoms with Crippen LogP contribution in [0.4, 0.5) is 0 Å². The number of nitrogens with one attached hydrogen (secondary N) is 1. The number of likely N-dealkylation sites (N-methyl/N-ethyl adjacent to an activating group) is 1. The van der Waals surface area contributed by atoms with Crippen molar-refractivity contribution in [2.24, 2.45) is 5.84 Å². The number of amides is 1. The number of hydrazine groups is 1. The summed E-state index contributed by atoms with van der Waals surface area (Å²) in [6.07, 6.45) is 0.979. The zero-order valence-electron chi connectivity index (χ0n) is 12.4. The van der Waals surface area contributed by atoms with Gasteiger partial charge in [0.15, 0.2) is 5.76 Å². The van der Waals surface area contributed by atoms with Crippen molar-refractivity contribution in [1.29, 1.82) is 0 Å². The molecule has 1 aromatic carbocycles. The molecular formula is C16H21N3O2. The van der Waals surface area contributed by atoms with E-state index in [1.807, 2.05) is 38.2 Å². The van der Waals surface area contributed by atoms with Crippen LogP contribution in [-0.4, -0.2) is 24.4 Å². The molecule has 3 N–H and O–H groups in total. The standard InChI is InChI=1S/C16H21N3O2/c1-12-10-14(21-15(12)16(20)18-17)11-19(2)9-8-13-6-4-3-5-7-13/h3-7,10H,8-9,11,17H2,1-2H3,(H,18,20). The third kappa shape index (κ3) is 4.18. The maximum atomic E-state index is 11.5. The maximum absolute atomic E-state index is 11.5. The molecule has 0 aliphatic rings. The smallest absolute Gasteiger partial charge is 0.301 e. The Morgan fingerprint density at radius 2 is 2.05 bits per heavy atom. The minimum atomic E-state index is -0.398. The predicted molar refractivity (Wildman–Crippen MR) is 81.6 cm³/mol. The second kappa shape index (κ2) is 7.06. The summed E-state index contributed by atoms with van der Waals surface area (Å²) in [7, 11) is 2.03. The number of nitrogens with zero attached hydrogens (tertiary/aromatic N) is 1. The number of nitrogens with two attached hydrogens (primary N) is 1. The summed E-state index contributed by atoms with van der Waals surface area (Å²) in [5, 5.41) is 0. The van der Waals surface area contributed by atoms with Crippen LogP contribution in [0, 0.1) is 6.92 Å². The fourth-order valence-electron chi connectivity index (χ4n) is 2.23. The normalized spacial score (nSPS) is 10.9. The molecule has 0 saturated carbocycles. The molecule has 0 saturated heterocycles. The molecular weight excluding hydrogens is 266 g/mol. The molecule has 2 aromatic rings. The molecule has 5 nitrogen and oxygen atoms in total. The lowest BCUT2D eigenvalue weighted by Crippen LogP contribution is -2.30. The number of hydrogen-bond donors (Lipinski definition) is 2. The lowest BCUT2D eigenvalue weighted by atomic mass is 10.1. The molecule has 5 heteroatoms. The van der Waals surface area contributed by atoms with Crippen LogP contribution >= 0.6 is 0 Å². The monoisotopic (exact) mass is 287 g/mol. The molecule has 112 valence electrons. The highest BCUT2D eigenvalue weighted by Crippen LogP contribution is 2.16. The summed E-state index contributed by atoms with van der Waals surface area (Å²) >= 11 is 0. The number of furan rings is 1. The van der Waals surface area contributed by atoms with Gasteiger partial charge in [-0.2, -0.15) is 0 Å². The van der Waals surface area contributed by atoms with Crippen LogP contribution in [0.1, 0.15) is 27.4 Å². The Balaban J connectivity index is 1.91. The molecule has 0 unspecified atom stereocenters. The number of carbonyl (C=O) groups excluding carboxylic acids is 1. The Hall–Kier alpha value is -2.11. The minimum Gasteiger partial charge on any atom is -0.454 e. The van der Waals surface area contributed by atoms with Crippen molar-refractivity contribution in [3.8, 4) is 0 Å². The molecule has 0 aliphatic heterocycles. The molecule has 1 amide bonds.